The summed E-state index contributed by atoms with van der Waals surface area (Å²) in [5.41, 5.74) is 6.84. The number of rotatable bonds is 6. The van der Waals surface area contributed by atoms with Gasteiger partial charge in [0.05, 0.1) is 12.6 Å². The lowest BCUT2D eigenvalue weighted by atomic mass is 9.84. The van der Waals surface area contributed by atoms with Crippen LogP contribution in [0.5, 0.6) is 5.75 Å². The maximum Gasteiger partial charge on any atom is 0.205 e. The molecule has 0 bridgehead atoms. The van der Waals surface area contributed by atoms with Crippen LogP contribution in [-0.4, -0.2) is 43.3 Å². The molecule has 0 saturated heterocycles. The lowest BCUT2D eigenvalue weighted by Gasteiger charge is -2.46. The van der Waals surface area contributed by atoms with E-state index in [9.17, 15) is 10.4 Å². The molecule has 0 fully saturated rings. The fourth-order valence-electron chi connectivity index (χ4n) is 3.68. The third-order valence-corrected chi connectivity index (χ3v) is 5.23. The molecule has 0 aromatic heterocycles. The number of nitriles is 1. The molecule has 0 spiro atoms. The molecule has 3 rings (SSSR count). The number of nitrogen functional groups attached to an aromatic ring is 1. The summed E-state index contributed by atoms with van der Waals surface area (Å²) >= 11 is 0. The van der Waals surface area contributed by atoms with E-state index in [4.69, 9.17) is 19.9 Å². The van der Waals surface area contributed by atoms with E-state index >= 15 is 0 Å². The highest BCUT2D eigenvalue weighted by atomic mass is 16.7. The molecule has 31 heavy (non-hydrogen) atoms. The number of ether oxygens (including phenoxy) is 3. The maximum atomic E-state index is 11.3. The fourth-order valence-corrected chi connectivity index (χ4v) is 3.68. The molecule has 9 nitrogen and oxygen atoms in total. The summed E-state index contributed by atoms with van der Waals surface area (Å²) in [5, 5.41) is 26.2. The van der Waals surface area contributed by atoms with Gasteiger partial charge < -0.3 is 30.4 Å². The van der Waals surface area contributed by atoms with Crippen LogP contribution in [-0.2, 0) is 16.0 Å². The molecule has 5 N–H and O–H groups in total. The minimum Gasteiger partial charge on any atom is -0.479 e. The number of guanidine groups is 1. The number of aliphatic hydroxyl groups is 1. The molecule has 1 aliphatic heterocycles. The second-order valence-electron chi connectivity index (χ2n) is 7.34. The zero-order valence-corrected chi connectivity index (χ0v) is 17.7. The number of nitrogens with zero attached hydrogens (tertiary/aromatic N) is 2. The van der Waals surface area contributed by atoms with Crippen LogP contribution in [0.1, 0.15) is 24.1 Å². The molecule has 1 heterocycles. The van der Waals surface area contributed by atoms with E-state index in [0.29, 0.717) is 23.5 Å². The Labute approximate surface area is 181 Å². The van der Waals surface area contributed by atoms with Crippen LogP contribution in [0.15, 0.2) is 53.5 Å². The second-order valence-corrected chi connectivity index (χ2v) is 7.34. The molecule has 9 heteroatoms. The molecule has 164 valence electrons. The highest BCUT2D eigenvalue weighted by Gasteiger charge is 2.52. The minimum atomic E-state index is -1.25. The van der Waals surface area contributed by atoms with Crippen molar-refractivity contribution in [3.8, 4) is 11.9 Å². The fraction of sp³-hybridized carbons (Fsp3) is 0.364. The number of aliphatic hydroxyl groups excluding tert-OH is 1. The number of aliphatic imine (C=N–C) groups is 1. The van der Waals surface area contributed by atoms with Crippen molar-refractivity contribution in [1.82, 2.24) is 10.6 Å². The van der Waals surface area contributed by atoms with Crippen molar-refractivity contribution in [2.45, 2.75) is 37.5 Å². The monoisotopic (exact) mass is 425 g/mol. The van der Waals surface area contributed by atoms with Crippen LogP contribution in [0.25, 0.3) is 0 Å². The van der Waals surface area contributed by atoms with Gasteiger partial charge in [0.15, 0.2) is 18.1 Å². The quantitative estimate of drug-likeness (QED) is 0.137. The van der Waals surface area contributed by atoms with Crippen molar-refractivity contribution in [3.63, 3.8) is 0 Å². The van der Waals surface area contributed by atoms with Crippen LogP contribution in [0.3, 0.4) is 0 Å². The number of anilines is 1. The van der Waals surface area contributed by atoms with E-state index in [1.807, 2.05) is 36.5 Å². The Kier molecular flexibility index (Phi) is 6.97. The van der Waals surface area contributed by atoms with Gasteiger partial charge in [-0.2, -0.15) is 5.26 Å². The summed E-state index contributed by atoms with van der Waals surface area (Å²) in [4.78, 5) is 4.47. The number of benzene rings is 2. The van der Waals surface area contributed by atoms with Crippen molar-refractivity contribution in [1.29, 1.82) is 5.26 Å². The van der Waals surface area contributed by atoms with Gasteiger partial charge in [0.2, 0.25) is 5.96 Å². The Balaban J connectivity index is 1.97. The summed E-state index contributed by atoms with van der Waals surface area (Å²) in [6, 6.07) is 14.1. The van der Waals surface area contributed by atoms with Gasteiger partial charge in [-0.15, -0.1) is 0 Å². The number of hydrogen-bond donors (Lipinski definition) is 4. The van der Waals surface area contributed by atoms with E-state index in [0.717, 1.165) is 5.56 Å². The molecule has 1 aliphatic rings. The van der Waals surface area contributed by atoms with Gasteiger partial charge >= 0.3 is 0 Å². The summed E-state index contributed by atoms with van der Waals surface area (Å²) < 4.78 is 16.9. The predicted octanol–water partition coefficient (Wildman–Crippen LogP) is 1.66. The maximum absolute atomic E-state index is 11.3. The van der Waals surface area contributed by atoms with Crippen molar-refractivity contribution in [2.75, 3.05) is 20.0 Å². The van der Waals surface area contributed by atoms with Crippen molar-refractivity contribution in [2.24, 2.45) is 4.99 Å². The Morgan fingerprint density at radius 3 is 2.65 bits per heavy atom. The molecule has 0 amide bonds. The topological polar surface area (TPSA) is 134 Å². The molecule has 0 aliphatic carbocycles. The van der Waals surface area contributed by atoms with Gasteiger partial charge in [-0.05, 0) is 30.7 Å². The molecule has 2 aromatic carbocycles. The van der Waals surface area contributed by atoms with Gasteiger partial charge in [-0.25, -0.2) is 4.99 Å². The van der Waals surface area contributed by atoms with Crippen LogP contribution in [0.2, 0.25) is 0 Å². The summed E-state index contributed by atoms with van der Waals surface area (Å²) in [5.74, 6) is 0.720. The number of hydrogen-bond acceptors (Lipinski definition) is 7. The Hall–Kier alpha value is -3.32. The van der Waals surface area contributed by atoms with Gasteiger partial charge in [0.1, 0.15) is 11.9 Å². The Morgan fingerprint density at radius 1 is 1.29 bits per heavy atom. The summed E-state index contributed by atoms with van der Waals surface area (Å²) in [6.45, 7) is 2.04. The van der Waals surface area contributed by atoms with Crippen LogP contribution >= 0.6 is 0 Å². The van der Waals surface area contributed by atoms with Crippen molar-refractivity contribution in [3.05, 3.63) is 59.7 Å². The van der Waals surface area contributed by atoms with Gasteiger partial charge in [-0.1, -0.05) is 30.3 Å². The van der Waals surface area contributed by atoms with Crippen LogP contribution in [0.4, 0.5) is 5.69 Å². The van der Waals surface area contributed by atoms with E-state index < -0.39 is 24.0 Å². The molecular formula is C22H27N5O4. The van der Waals surface area contributed by atoms with E-state index in [2.05, 4.69) is 15.6 Å². The van der Waals surface area contributed by atoms with Gasteiger partial charge in [0, 0.05) is 25.5 Å². The Morgan fingerprint density at radius 2 is 2.00 bits per heavy atom. The van der Waals surface area contributed by atoms with Crippen LogP contribution in [0, 0.1) is 11.5 Å². The van der Waals surface area contributed by atoms with E-state index in [1.165, 1.54) is 14.2 Å². The van der Waals surface area contributed by atoms with Gasteiger partial charge in [-0.3, -0.25) is 5.32 Å². The smallest absolute Gasteiger partial charge is 0.205 e. The largest absolute Gasteiger partial charge is 0.479 e. The number of fused-ring (bicyclic) bond motifs is 1. The molecule has 0 radical (unpaired) electrons. The lowest BCUT2D eigenvalue weighted by Crippen LogP contribution is -2.62. The summed E-state index contributed by atoms with van der Waals surface area (Å²) in [6.07, 6.45) is -0.106. The standard InChI is InChI=1S/C22H27N5O4/c1-22(20(29-2)30-3)19(28)18(16-11-15(24)9-10-17(16)31-22)27-21(26-13-23)25-12-14-7-5-4-6-8-14/h4-11,18-20,28H,12,24H2,1-3H3,(H2,25,26,27)/t18-,19+,22-/m1/s1. The van der Waals surface area contributed by atoms with Crippen molar-refractivity contribution < 1.29 is 19.3 Å². The molecule has 0 unspecified atom stereocenters. The lowest BCUT2D eigenvalue weighted by molar-refractivity contribution is -0.238. The molecule has 2 aromatic rings. The van der Waals surface area contributed by atoms with E-state index in [1.54, 1.807) is 25.1 Å². The highest BCUT2D eigenvalue weighted by Crippen LogP contribution is 2.43. The normalized spacial score (nSPS) is 22.9. The minimum absolute atomic E-state index is 0.208. The zero-order valence-electron chi connectivity index (χ0n) is 17.7. The predicted molar refractivity (Wildman–Crippen MR) is 116 cm³/mol. The first-order valence-electron chi connectivity index (χ1n) is 9.75. The molecular weight excluding hydrogens is 398 g/mol. The first-order valence-corrected chi connectivity index (χ1v) is 9.75. The van der Waals surface area contributed by atoms with E-state index in [-0.39, 0.29) is 5.96 Å². The average molecular weight is 425 g/mol. The first kappa shape index (κ1) is 22.4. The third kappa shape index (κ3) is 4.72. The Bertz CT molecular complexity index is 958. The highest BCUT2D eigenvalue weighted by molar-refractivity contribution is 5.82. The van der Waals surface area contributed by atoms with Gasteiger partial charge in [0.25, 0.3) is 0 Å². The molecule has 3 atom stereocenters. The number of methoxy groups -OCH3 is 2. The number of nitrogens with one attached hydrogen (secondary N) is 2. The third-order valence-electron chi connectivity index (χ3n) is 5.23. The zero-order chi connectivity index (χ0) is 22.4. The average Bonchev–Trinajstić information content (AvgIpc) is 2.77. The molecule has 0 saturated carbocycles. The van der Waals surface area contributed by atoms with Crippen molar-refractivity contribution >= 4 is 11.6 Å². The summed E-state index contributed by atoms with van der Waals surface area (Å²) in [7, 11) is 2.95. The number of nitrogens with two attached hydrogens (primary N) is 1. The second kappa shape index (κ2) is 9.66. The van der Waals surface area contributed by atoms with Crippen LogP contribution < -0.4 is 21.1 Å². The first-order chi connectivity index (χ1) is 14.9. The SMILES string of the molecule is COC(OC)[C@]1(C)Oc2ccc(N)cc2[C@@H](NC(=NCc2ccccc2)NC#N)[C@@H]1O.